The van der Waals surface area contributed by atoms with E-state index in [-0.39, 0.29) is 22.6 Å². The molecular weight excluding hydrogens is 345 g/mol. The summed E-state index contributed by atoms with van der Waals surface area (Å²) in [4.78, 5) is 27.9. The second-order valence-electron chi connectivity index (χ2n) is 5.67. The van der Waals surface area contributed by atoms with Gasteiger partial charge in [-0.1, -0.05) is 0 Å². The van der Waals surface area contributed by atoms with Gasteiger partial charge in [-0.25, -0.2) is 14.2 Å². The maximum Gasteiger partial charge on any atom is 0.341 e. The Morgan fingerprint density at radius 1 is 1.48 bits per heavy atom. The number of benzene rings is 1. The standard InChI is InChI=1S/C17H16FN3O3S/c1-3-21-6-11(17(23)24)15(22)10-4-12(18)9(5-14(10)21)13-7-25-16(20-13)8(2)19/h4-8H,3,19H2,1-2H3,(H,23,24). The smallest absolute Gasteiger partial charge is 0.341 e. The number of carbonyl (C=O) groups is 1. The fourth-order valence-electron chi connectivity index (χ4n) is 2.64. The van der Waals surface area contributed by atoms with E-state index in [1.165, 1.54) is 23.6 Å². The Hall–Kier alpha value is -2.58. The number of carboxylic acid groups (broad SMARTS) is 1. The van der Waals surface area contributed by atoms with Crippen molar-refractivity contribution in [2.24, 2.45) is 5.73 Å². The molecule has 0 aliphatic carbocycles. The van der Waals surface area contributed by atoms with Gasteiger partial charge in [0.15, 0.2) is 0 Å². The van der Waals surface area contributed by atoms with Crippen molar-refractivity contribution in [1.82, 2.24) is 9.55 Å². The molecule has 8 heteroatoms. The second-order valence-corrected chi connectivity index (χ2v) is 6.56. The minimum absolute atomic E-state index is 0.0330. The molecule has 0 fully saturated rings. The van der Waals surface area contributed by atoms with Gasteiger partial charge in [0.05, 0.1) is 17.3 Å². The molecule has 0 aliphatic heterocycles. The Kier molecular flexibility index (Phi) is 4.40. The van der Waals surface area contributed by atoms with Crippen LogP contribution in [0.5, 0.6) is 0 Å². The van der Waals surface area contributed by atoms with Crippen LogP contribution in [0, 0.1) is 5.82 Å². The van der Waals surface area contributed by atoms with Crippen LogP contribution in [0.2, 0.25) is 0 Å². The van der Waals surface area contributed by atoms with Crippen LogP contribution >= 0.6 is 11.3 Å². The maximum atomic E-state index is 14.6. The average molecular weight is 361 g/mol. The topological polar surface area (TPSA) is 98.2 Å². The summed E-state index contributed by atoms with van der Waals surface area (Å²) >= 11 is 1.34. The highest BCUT2D eigenvalue weighted by Crippen LogP contribution is 2.29. The number of hydrogen-bond acceptors (Lipinski definition) is 5. The second kappa shape index (κ2) is 6.38. The van der Waals surface area contributed by atoms with E-state index in [9.17, 15) is 19.1 Å². The van der Waals surface area contributed by atoms with Crippen molar-refractivity contribution in [2.75, 3.05) is 0 Å². The van der Waals surface area contributed by atoms with E-state index in [0.29, 0.717) is 22.8 Å². The molecule has 130 valence electrons. The highest BCUT2D eigenvalue weighted by molar-refractivity contribution is 7.10. The zero-order chi connectivity index (χ0) is 18.3. The zero-order valence-electron chi connectivity index (χ0n) is 13.6. The van der Waals surface area contributed by atoms with Crippen LogP contribution < -0.4 is 11.2 Å². The highest BCUT2D eigenvalue weighted by atomic mass is 32.1. The van der Waals surface area contributed by atoms with E-state index in [1.54, 1.807) is 16.9 Å². The Morgan fingerprint density at radius 3 is 2.76 bits per heavy atom. The van der Waals surface area contributed by atoms with Crippen molar-refractivity contribution >= 4 is 28.2 Å². The minimum atomic E-state index is -1.33. The fourth-order valence-corrected chi connectivity index (χ4v) is 3.42. The van der Waals surface area contributed by atoms with Crippen molar-refractivity contribution in [3.8, 4) is 11.3 Å². The number of aryl methyl sites for hydroxylation is 1. The molecule has 0 saturated heterocycles. The first-order valence-electron chi connectivity index (χ1n) is 7.64. The van der Waals surface area contributed by atoms with E-state index in [4.69, 9.17) is 5.73 Å². The van der Waals surface area contributed by atoms with E-state index in [1.807, 2.05) is 6.92 Å². The Bertz CT molecular complexity index is 1040. The van der Waals surface area contributed by atoms with Gasteiger partial charge in [-0.05, 0) is 26.0 Å². The van der Waals surface area contributed by atoms with E-state index < -0.39 is 17.2 Å². The van der Waals surface area contributed by atoms with Crippen molar-refractivity contribution < 1.29 is 14.3 Å². The van der Waals surface area contributed by atoms with Gasteiger partial charge in [-0.15, -0.1) is 11.3 Å². The number of nitrogens with zero attached hydrogens (tertiary/aromatic N) is 2. The number of nitrogens with two attached hydrogens (primary N) is 1. The predicted molar refractivity (Wildman–Crippen MR) is 94.5 cm³/mol. The molecule has 0 aliphatic rings. The van der Waals surface area contributed by atoms with Crippen molar-refractivity contribution in [3.05, 3.63) is 50.3 Å². The van der Waals surface area contributed by atoms with Crippen LogP contribution in [0.4, 0.5) is 4.39 Å². The van der Waals surface area contributed by atoms with E-state index >= 15 is 0 Å². The summed E-state index contributed by atoms with van der Waals surface area (Å²) < 4.78 is 16.2. The molecule has 0 bridgehead atoms. The van der Waals surface area contributed by atoms with Gasteiger partial charge in [0.2, 0.25) is 5.43 Å². The molecule has 0 saturated carbocycles. The lowest BCUT2D eigenvalue weighted by molar-refractivity contribution is 0.0695. The third-order valence-corrected chi connectivity index (χ3v) is 4.97. The van der Waals surface area contributed by atoms with Crippen LogP contribution in [0.3, 0.4) is 0 Å². The minimum Gasteiger partial charge on any atom is -0.477 e. The third kappa shape index (κ3) is 2.94. The number of thiazole rings is 1. The van der Waals surface area contributed by atoms with E-state index in [0.717, 1.165) is 6.07 Å². The number of fused-ring (bicyclic) bond motifs is 1. The number of aromatic nitrogens is 2. The van der Waals surface area contributed by atoms with Gasteiger partial charge < -0.3 is 15.4 Å². The van der Waals surface area contributed by atoms with Crippen LogP contribution in [0.15, 0.2) is 28.5 Å². The van der Waals surface area contributed by atoms with Gasteiger partial charge in [0, 0.05) is 29.1 Å². The lowest BCUT2D eigenvalue weighted by Gasteiger charge is -2.12. The normalized spacial score (nSPS) is 12.5. The largest absolute Gasteiger partial charge is 0.477 e. The first-order valence-corrected chi connectivity index (χ1v) is 8.52. The molecule has 6 nitrogen and oxygen atoms in total. The van der Waals surface area contributed by atoms with Gasteiger partial charge in [-0.2, -0.15) is 0 Å². The third-order valence-electron chi connectivity index (χ3n) is 3.93. The van der Waals surface area contributed by atoms with Gasteiger partial charge >= 0.3 is 5.97 Å². The SMILES string of the molecule is CCn1cc(C(=O)O)c(=O)c2cc(F)c(-c3csc(C(C)N)n3)cc21. The summed E-state index contributed by atoms with van der Waals surface area (Å²) in [5.41, 5.74) is 5.87. The summed E-state index contributed by atoms with van der Waals surface area (Å²) in [5.74, 6) is -1.96. The van der Waals surface area contributed by atoms with Crippen LogP contribution in [0.25, 0.3) is 22.2 Å². The van der Waals surface area contributed by atoms with Crippen molar-refractivity contribution in [1.29, 1.82) is 0 Å². The molecule has 0 spiro atoms. The molecule has 3 N–H and O–H groups in total. The van der Waals surface area contributed by atoms with Gasteiger partial charge in [-0.3, -0.25) is 4.79 Å². The summed E-state index contributed by atoms with van der Waals surface area (Å²) in [6, 6.07) is 2.35. The van der Waals surface area contributed by atoms with E-state index in [2.05, 4.69) is 4.98 Å². The number of hydrogen-bond donors (Lipinski definition) is 2. The van der Waals surface area contributed by atoms with Crippen molar-refractivity contribution in [2.45, 2.75) is 26.4 Å². The maximum absolute atomic E-state index is 14.6. The van der Waals surface area contributed by atoms with Gasteiger partial charge in [0.25, 0.3) is 0 Å². The lowest BCUT2D eigenvalue weighted by Crippen LogP contribution is -2.19. The number of carboxylic acids is 1. The number of aromatic carboxylic acids is 1. The summed E-state index contributed by atoms with van der Waals surface area (Å²) in [5, 5.41) is 11.6. The molecular formula is C17H16FN3O3S. The summed E-state index contributed by atoms with van der Waals surface area (Å²) in [7, 11) is 0. The molecule has 25 heavy (non-hydrogen) atoms. The van der Waals surface area contributed by atoms with Gasteiger partial charge in [0.1, 0.15) is 16.4 Å². The average Bonchev–Trinajstić information content (AvgIpc) is 3.05. The summed E-state index contributed by atoms with van der Waals surface area (Å²) in [6.45, 7) is 4.04. The molecule has 1 unspecified atom stereocenters. The fraction of sp³-hybridized carbons (Fsp3) is 0.235. The lowest BCUT2D eigenvalue weighted by atomic mass is 10.1. The van der Waals surface area contributed by atoms with Crippen LogP contribution in [-0.4, -0.2) is 20.6 Å². The molecule has 2 heterocycles. The number of pyridine rings is 1. The first-order chi connectivity index (χ1) is 11.8. The van der Waals surface area contributed by atoms with Crippen molar-refractivity contribution in [3.63, 3.8) is 0 Å². The Balaban J connectivity index is 2.30. The highest BCUT2D eigenvalue weighted by Gasteiger charge is 2.18. The molecule has 0 radical (unpaired) electrons. The molecule has 3 aromatic rings. The molecule has 0 amide bonds. The Morgan fingerprint density at radius 2 is 2.20 bits per heavy atom. The molecule has 2 aromatic heterocycles. The van der Waals surface area contributed by atoms with Crippen LogP contribution in [0.1, 0.15) is 35.3 Å². The summed E-state index contributed by atoms with van der Waals surface area (Å²) in [6.07, 6.45) is 1.28. The number of halogens is 1. The quantitative estimate of drug-likeness (QED) is 0.744. The zero-order valence-corrected chi connectivity index (χ0v) is 14.4. The molecule has 3 rings (SSSR count). The molecule has 1 aromatic carbocycles. The molecule has 1 atom stereocenters. The first kappa shape index (κ1) is 17.2. The Labute approximate surface area is 146 Å². The predicted octanol–water partition coefficient (Wildman–Crippen LogP) is 3.00. The van der Waals surface area contributed by atoms with Crippen LogP contribution in [-0.2, 0) is 6.54 Å². The number of rotatable bonds is 4. The monoisotopic (exact) mass is 361 g/mol.